The molecule has 5 nitrogen and oxygen atoms in total. The largest absolute Gasteiger partial charge is 0.311 e. The number of aryl methyl sites for hydroxylation is 2. The number of anilines is 1. The molecule has 1 aliphatic heterocycles. The molecule has 3 aromatic rings. The number of nitrogens with one attached hydrogen (secondary N) is 1. The zero-order valence-electron chi connectivity index (χ0n) is 17.1. The summed E-state index contributed by atoms with van der Waals surface area (Å²) in [6, 6.07) is 14.5. The quantitative estimate of drug-likeness (QED) is 0.619. The molecule has 1 aliphatic rings. The summed E-state index contributed by atoms with van der Waals surface area (Å²) >= 11 is 5.42. The first-order chi connectivity index (χ1) is 13.9. The molecule has 150 valence electrons. The fourth-order valence-electron chi connectivity index (χ4n) is 3.92. The van der Waals surface area contributed by atoms with Crippen molar-refractivity contribution in [3.05, 3.63) is 63.9 Å². The van der Waals surface area contributed by atoms with Crippen molar-refractivity contribution in [2.24, 2.45) is 0 Å². The van der Waals surface area contributed by atoms with E-state index >= 15 is 0 Å². The minimum atomic E-state index is 0.0367. The molecule has 1 amide bonds. The summed E-state index contributed by atoms with van der Waals surface area (Å²) < 4.78 is 2.26. The molecule has 0 saturated heterocycles. The predicted octanol–water partition coefficient (Wildman–Crippen LogP) is 5.02. The third-order valence-electron chi connectivity index (χ3n) is 5.52. The third-order valence-corrected chi connectivity index (χ3v) is 5.83. The molecule has 0 fully saturated rings. The minimum absolute atomic E-state index is 0.0367. The zero-order chi connectivity index (χ0) is 20.5. The summed E-state index contributed by atoms with van der Waals surface area (Å²) in [6.45, 7) is 7.33. The Kier molecular flexibility index (Phi) is 5.37. The molecule has 0 bridgehead atoms. The average molecular weight is 407 g/mol. The number of carbonyl (C=O) groups is 1. The third kappa shape index (κ3) is 3.90. The van der Waals surface area contributed by atoms with Crippen LogP contribution in [0.4, 0.5) is 5.69 Å². The van der Waals surface area contributed by atoms with Crippen LogP contribution in [0.3, 0.4) is 0 Å². The van der Waals surface area contributed by atoms with Gasteiger partial charge in [-0.15, -0.1) is 0 Å². The molecular weight excluding hydrogens is 380 g/mol. The molecule has 2 heterocycles. The Morgan fingerprint density at radius 2 is 2.07 bits per heavy atom. The van der Waals surface area contributed by atoms with Crippen LogP contribution in [-0.2, 0) is 17.8 Å². The first-order valence-corrected chi connectivity index (χ1v) is 10.5. The average Bonchev–Trinajstić information content (AvgIpc) is 3.07. The lowest BCUT2D eigenvalue weighted by Crippen LogP contribution is -2.38. The second-order valence-electron chi connectivity index (χ2n) is 8.00. The van der Waals surface area contributed by atoms with Gasteiger partial charge in [0.25, 0.3) is 0 Å². The van der Waals surface area contributed by atoms with Crippen molar-refractivity contribution in [2.45, 2.75) is 46.1 Å². The van der Waals surface area contributed by atoms with E-state index in [1.165, 1.54) is 11.1 Å². The number of hydrogen-bond acceptors (Lipinski definition) is 3. The van der Waals surface area contributed by atoms with Crippen molar-refractivity contribution in [1.82, 2.24) is 14.8 Å². The highest BCUT2D eigenvalue weighted by Crippen LogP contribution is 2.31. The summed E-state index contributed by atoms with van der Waals surface area (Å²) in [7, 11) is 0. The summed E-state index contributed by atoms with van der Waals surface area (Å²) in [5.74, 6) is 1.21. The lowest BCUT2D eigenvalue weighted by Gasteiger charge is -2.30. The van der Waals surface area contributed by atoms with Gasteiger partial charge in [-0.05, 0) is 61.2 Å². The number of fused-ring (bicyclic) bond motifs is 1. The molecule has 0 radical (unpaired) electrons. The number of nitrogens with zero attached hydrogens (tertiary/aromatic N) is 3. The number of amides is 1. The van der Waals surface area contributed by atoms with Crippen LogP contribution < -0.4 is 4.90 Å². The number of aromatic amines is 1. The van der Waals surface area contributed by atoms with Crippen LogP contribution in [0, 0.1) is 11.7 Å². The highest BCUT2D eigenvalue weighted by molar-refractivity contribution is 7.71. The van der Waals surface area contributed by atoms with Crippen LogP contribution in [0.25, 0.3) is 11.4 Å². The Morgan fingerprint density at radius 1 is 1.24 bits per heavy atom. The van der Waals surface area contributed by atoms with Gasteiger partial charge < -0.3 is 4.90 Å². The minimum Gasteiger partial charge on any atom is -0.311 e. The molecule has 0 atom stereocenters. The van der Waals surface area contributed by atoms with Crippen molar-refractivity contribution in [3.8, 4) is 11.4 Å². The maximum absolute atomic E-state index is 13.3. The Morgan fingerprint density at radius 3 is 2.83 bits per heavy atom. The van der Waals surface area contributed by atoms with Gasteiger partial charge in [0.1, 0.15) is 6.54 Å². The number of benzene rings is 2. The monoisotopic (exact) mass is 406 g/mol. The molecular formula is C23H26N4OS. The van der Waals surface area contributed by atoms with E-state index < -0.39 is 0 Å². The maximum atomic E-state index is 13.3. The molecule has 1 aromatic heterocycles. The van der Waals surface area contributed by atoms with Gasteiger partial charge in [0.2, 0.25) is 5.91 Å². The fraction of sp³-hybridized carbons (Fsp3) is 0.348. The summed E-state index contributed by atoms with van der Waals surface area (Å²) in [5.41, 5.74) is 5.69. The van der Waals surface area contributed by atoms with E-state index in [2.05, 4.69) is 48.3 Å². The first-order valence-electron chi connectivity index (χ1n) is 10.1. The number of rotatable bonds is 4. The molecule has 1 N–H and O–H groups in total. The van der Waals surface area contributed by atoms with Gasteiger partial charge in [-0.3, -0.25) is 14.5 Å². The topological polar surface area (TPSA) is 53.9 Å². The van der Waals surface area contributed by atoms with Crippen LogP contribution in [0.2, 0.25) is 0 Å². The number of aromatic nitrogens is 3. The summed E-state index contributed by atoms with van der Waals surface area (Å²) in [4.78, 5) is 15.2. The molecule has 4 rings (SSSR count). The smallest absolute Gasteiger partial charge is 0.247 e. The SMILES string of the molecule is Cc1cccc(-c2n[nH]c(=S)n2CC(=O)N2CCCc3cc(C(C)C)ccc32)c1. The summed E-state index contributed by atoms with van der Waals surface area (Å²) in [5, 5.41) is 7.22. The van der Waals surface area contributed by atoms with E-state index in [1.807, 2.05) is 30.0 Å². The molecule has 0 unspecified atom stereocenters. The van der Waals surface area contributed by atoms with E-state index in [9.17, 15) is 4.79 Å². The van der Waals surface area contributed by atoms with Gasteiger partial charge in [0, 0.05) is 17.8 Å². The Labute approximate surface area is 176 Å². The first kappa shape index (κ1) is 19.6. The van der Waals surface area contributed by atoms with E-state index in [1.54, 1.807) is 4.57 Å². The Balaban J connectivity index is 1.64. The lowest BCUT2D eigenvalue weighted by atomic mass is 9.95. The molecule has 0 saturated carbocycles. The normalized spacial score (nSPS) is 13.6. The van der Waals surface area contributed by atoms with Gasteiger partial charge in [0.05, 0.1) is 0 Å². The summed E-state index contributed by atoms with van der Waals surface area (Å²) in [6.07, 6.45) is 1.99. The fourth-order valence-corrected chi connectivity index (χ4v) is 4.12. The van der Waals surface area contributed by atoms with E-state index in [0.29, 0.717) is 16.5 Å². The predicted molar refractivity (Wildman–Crippen MR) is 119 cm³/mol. The van der Waals surface area contributed by atoms with Gasteiger partial charge in [-0.2, -0.15) is 5.10 Å². The van der Waals surface area contributed by atoms with E-state index in [4.69, 9.17) is 12.2 Å². The second kappa shape index (κ2) is 7.95. The molecule has 6 heteroatoms. The lowest BCUT2D eigenvalue weighted by molar-refractivity contribution is -0.119. The van der Waals surface area contributed by atoms with E-state index in [0.717, 1.165) is 36.2 Å². The number of hydrogen-bond donors (Lipinski definition) is 1. The van der Waals surface area contributed by atoms with E-state index in [-0.39, 0.29) is 12.5 Å². The van der Waals surface area contributed by atoms with Crippen molar-refractivity contribution >= 4 is 23.8 Å². The molecule has 2 aromatic carbocycles. The van der Waals surface area contributed by atoms with Crippen molar-refractivity contribution < 1.29 is 4.79 Å². The van der Waals surface area contributed by atoms with Gasteiger partial charge in [-0.25, -0.2) is 0 Å². The molecule has 29 heavy (non-hydrogen) atoms. The molecule has 0 aliphatic carbocycles. The zero-order valence-corrected chi connectivity index (χ0v) is 17.9. The Bertz CT molecular complexity index is 1110. The van der Waals surface area contributed by atoms with Gasteiger partial charge >= 0.3 is 0 Å². The van der Waals surface area contributed by atoms with Crippen molar-refractivity contribution in [1.29, 1.82) is 0 Å². The van der Waals surface area contributed by atoms with Crippen LogP contribution in [0.5, 0.6) is 0 Å². The van der Waals surface area contributed by atoms with Crippen molar-refractivity contribution in [2.75, 3.05) is 11.4 Å². The highest BCUT2D eigenvalue weighted by atomic mass is 32.1. The second-order valence-corrected chi connectivity index (χ2v) is 8.39. The van der Waals surface area contributed by atoms with Crippen LogP contribution in [-0.4, -0.2) is 27.2 Å². The maximum Gasteiger partial charge on any atom is 0.247 e. The molecule has 0 spiro atoms. The van der Waals surface area contributed by atoms with Crippen molar-refractivity contribution in [3.63, 3.8) is 0 Å². The van der Waals surface area contributed by atoms with Crippen LogP contribution in [0.15, 0.2) is 42.5 Å². The van der Waals surface area contributed by atoms with Crippen LogP contribution >= 0.6 is 12.2 Å². The highest BCUT2D eigenvalue weighted by Gasteiger charge is 2.24. The van der Waals surface area contributed by atoms with Crippen LogP contribution in [0.1, 0.15) is 42.9 Å². The van der Waals surface area contributed by atoms with Gasteiger partial charge in [0.15, 0.2) is 10.6 Å². The number of carbonyl (C=O) groups excluding carboxylic acids is 1. The Hall–Kier alpha value is -2.73. The number of H-pyrrole nitrogens is 1. The van der Waals surface area contributed by atoms with Gasteiger partial charge in [-0.1, -0.05) is 49.7 Å². The standard InChI is InChI=1S/C23H26N4OS/c1-15(2)17-9-10-20-18(13-17)8-5-11-26(20)21(28)14-27-22(24-25-23(27)29)19-7-4-6-16(3)12-19/h4,6-7,9-10,12-13,15H,5,8,11,14H2,1-3H3,(H,25,29).